The SMILES string of the molecule is CC(=O)Nc1ccc2nc(S[C@@H](C)C(=O)Nc3c(C)cc(C)cc3C)sc2c1. The van der Waals surface area contributed by atoms with E-state index in [2.05, 4.69) is 34.7 Å². The zero-order chi connectivity index (χ0) is 20.4. The van der Waals surface area contributed by atoms with Crippen molar-refractivity contribution in [2.45, 2.75) is 44.2 Å². The number of nitrogens with one attached hydrogen (secondary N) is 2. The number of rotatable bonds is 5. The van der Waals surface area contributed by atoms with Gasteiger partial charge in [-0.15, -0.1) is 11.3 Å². The van der Waals surface area contributed by atoms with Crippen LogP contribution < -0.4 is 10.6 Å². The largest absolute Gasteiger partial charge is 0.326 e. The number of fused-ring (bicyclic) bond motifs is 1. The van der Waals surface area contributed by atoms with Crippen molar-refractivity contribution in [1.29, 1.82) is 0 Å². The standard InChI is InChI=1S/C21H23N3O2S2/c1-11-8-12(2)19(13(3)9-11)24-20(26)14(4)27-21-23-17-7-6-16(22-15(5)25)10-18(17)28-21/h6-10,14H,1-5H3,(H,22,25)(H,24,26)/t14-/m0/s1. The zero-order valence-electron chi connectivity index (χ0n) is 16.5. The number of nitrogens with zero attached hydrogens (tertiary/aromatic N) is 1. The van der Waals surface area contributed by atoms with Gasteiger partial charge in [-0.2, -0.15) is 0 Å². The summed E-state index contributed by atoms with van der Waals surface area (Å²) in [5.41, 5.74) is 5.80. The smallest absolute Gasteiger partial charge is 0.237 e. The van der Waals surface area contributed by atoms with Crippen LogP contribution in [0.4, 0.5) is 11.4 Å². The minimum Gasteiger partial charge on any atom is -0.326 e. The quantitative estimate of drug-likeness (QED) is 0.557. The number of amides is 2. The van der Waals surface area contributed by atoms with Crippen LogP contribution in [0.25, 0.3) is 10.2 Å². The Labute approximate surface area is 172 Å². The summed E-state index contributed by atoms with van der Waals surface area (Å²) < 4.78 is 1.81. The molecule has 1 atom stereocenters. The van der Waals surface area contributed by atoms with E-state index in [0.717, 1.165) is 37.1 Å². The van der Waals surface area contributed by atoms with Crippen molar-refractivity contribution >= 4 is 56.5 Å². The molecule has 0 aliphatic heterocycles. The minimum atomic E-state index is -0.282. The predicted molar refractivity (Wildman–Crippen MR) is 119 cm³/mol. The van der Waals surface area contributed by atoms with Crippen LogP contribution in [0.15, 0.2) is 34.7 Å². The number of aromatic nitrogens is 1. The van der Waals surface area contributed by atoms with E-state index in [0.29, 0.717) is 0 Å². The Morgan fingerprint density at radius 1 is 1.07 bits per heavy atom. The van der Waals surface area contributed by atoms with Crippen molar-refractivity contribution in [3.05, 3.63) is 47.0 Å². The van der Waals surface area contributed by atoms with Crippen molar-refractivity contribution in [3.8, 4) is 0 Å². The molecule has 28 heavy (non-hydrogen) atoms. The van der Waals surface area contributed by atoms with E-state index in [-0.39, 0.29) is 17.1 Å². The van der Waals surface area contributed by atoms with E-state index in [1.807, 2.05) is 39.0 Å². The number of carbonyl (C=O) groups is 2. The first-order valence-electron chi connectivity index (χ1n) is 8.96. The molecule has 3 aromatic rings. The van der Waals surface area contributed by atoms with Crippen molar-refractivity contribution in [1.82, 2.24) is 4.98 Å². The Morgan fingerprint density at radius 3 is 2.39 bits per heavy atom. The highest BCUT2D eigenvalue weighted by Gasteiger charge is 2.18. The second kappa shape index (κ2) is 8.32. The van der Waals surface area contributed by atoms with E-state index in [9.17, 15) is 9.59 Å². The summed E-state index contributed by atoms with van der Waals surface area (Å²) in [4.78, 5) is 28.5. The molecule has 2 amide bonds. The molecular weight excluding hydrogens is 390 g/mol. The zero-order valence-corrected chi connectivity index (χ0v) is 18.2. The molecule has 0 aliphatic carbocycles. The molecular formula is C21H23N3O2S2. The highest BCUT2D eigenvalue weighted by atomic mass is 32.2. The fourth-order valence-electron chi connectivity index (χ4n) is 3.04. The molecule has 1 aromatic heterocycles. The fraction of sp³-hybridized carbons (Fsp3) is 0.286. The molecule has 0 aliphatic rings. The molecule has 2 aromatic carbocycles. The van der Waals surface area contributed by atoms with Crippen molar-refractivity contribution in [3.63, 3.8) is 0 Å². The number of thiazole rings is 1. The molecule has 2 N–H and O–H groups in total. The molecule has 0 fully saturated rings. The molecule has 7 heteroatoms. The first-order valence-corrected chi connectivity index (χ1v) is 10.7. The van der Waals surface area contributed by atoms with Crippen LogP contribution >= 0.6 is 23.1 Å². The summed E-state index contributed by atoms with van der Waals surface area (Å²) in [5.74, 6) is -0.149. The van der Waals surface area contributed by atoms with Gasteiger partial charge in [-0.3, -0.25) is 9.59 Å². The summed E-state index contributed by atoms with van der Waals surface area (Å²) in [6, 6.07) is 9.76. The highest BCUT2D eigenvalue weighted by molar-refractivity contribution is 8.02. The summed E-state index contributed by atoms with van der Waals surface area (Å²) in [6.07, 6.45) is 0. The number of aryl methyl sites for hydroxylation is 3. The number of benzene rings is 2. The maximum atomic E-state index is 12.7. The van der Waals surface area contributed by atoms with Crippen LogP contribution in [0.1, 0.15) is 30.5 Å². The number of thioether (sulfide) groups is 1. The van der Waals surface area contributed by atoms with E-state index in [1.165, 1.54) is 35.6 Å². The lowest BCUT2D eigenvalue weighted by Crippen LogP contribution is -2.23. The van der Waals surface area contributed by atoms with Crippen molar-refractivity contribution in [2.75, 3.05) is 10.6 Å². The Bertz CT molecular complexity index is 1040. The number of hydrogen-bond acceptors (Lipinski definition) is 5. The average Bonchev–Trinajstić information content (AvgIpc) is 2.98. The highest BCUT2D eigenvalue weighted by Crippen LogP contribution is 2.34. The van der Waals surface area contributed by atoms with Gasteiger partial charge in [-0.25, -0.2) is 4.98 Å². The van der Waals surface area contributed by atoms with Gasteiger partial charge in [0.1, 0.15) is 0 Å². The molecule has 0 spiro atoms. The van der Waals surface area contributed by atoms with Crippen LogP contribution in [-0.4, -0.2) is 22.0 Å². The van der Waals surface area contributed by atoms with E-state index >= 15 is 0 Å². The molecule has 146 valence electrons. The maximum Gasteiger partial charge on any atom is 0.237 e. The van der Waals surface area contributed by atoms with E-state index in [4.69, 9.17) is 0 Å². The third-order valence-electron chi connectivity index (χ3n) is 4.26. The van der Waals surface area contributed by atoms with Gasteiger partial charge in [0.15, 0.2) is 4.34 Å². The Hall–Kier alpha value is -2.38. The van der Waals surface area contributed by atoms with Crippen LogP contribution in [0, 0.1) is 20.8 Å². The third kappa shape index (κ3) is 4.72. The van der Waals surface area contributed by atoms with Gasteiger partial charge in [0, 0.05) is 18.3 Å². The number of carbonyl (C=O) groups excluding carboxylic acids is 2. The van der Waals surface area contributed by atoms with Crippen LogP contribution in [0.2, 0.25) is 0 Å². The van der Waals surface area contributed by atoms with E-state index in [1.54, 1.807) is 0 Å². The van der Waals surface area contributed by atoms with Gasteiger partial charge in [-0.05, 0) is 57.0 Å². The second-order valence-electron chi connectivity index (χ2n) is 6.87. The van der Waals surface area contributed by atoms with Gasteiger partial charge in [0.2, 0.25) is 11.8 Å². The summed E-state index contributed by atoms with van der Waals surface area (Å²) in [5, 5.41) is 5.55. The van der Waals surface area contributed by atoms with Gasteiger partial charge >= 0.3 is 0 Å². The van der Waals surface area contributed by atoms with Crippen molar-refractivity contribution < 1.29 is 9.59 Å². The monoisotopic (exact) mass is 413 g/mol. The Morgan fingerprint density at radius 2 is 1.75 bits per heavy atom. The molecule has 1 heterocycles. The van der Waals surface area contributed by atoms with Gasteiger partial charge < -0.3 is 10.6 Å². The van der Waals surface area contributed by atoms with Gasteiger partial charge in [0.05, 0.1) is 15.5 Å². The Balaban J connectivity index is 1.72. The first-order chi connectivity index (χ1) is 13.2. The summed E-state index contributed by atoms with van der Waals surface area (Å²) in [6.45, 7) is 9.43. The first kappa shape index (κ1) is 20.4. The summed E-state index contributed by atoms with van der Waals surface area (Å²) >= 11 is 2.96. The van der Waals surface area contributed by atoms with Crippen LogP contribution in [0.5, 0.6) is 0 Å². The van der Waals surface area contributed by atoms with Gasteiger partial charge in [-0.1, -0.05) is 29.5 Å². The molecule has 3 rings (SSSR count). The second-order valence-corrected chi connectivity index (χ2v) is 9.49. The minimum absolute atomic E-state index is 0.0433. The topological polar surface area (TPSA) is 71.1 Å². The average molecular weight is 414 g/mol. The van der Waals surface area contributed by atoms with Crippen LogP contribution in [0.3, 0.4) is 0 Å². The maximum absolute atomic E-state index is 12.7. The molecule has 0 saturated heterocycles. The fourth-order valence-corrected chi connectivity index (χ4v) is 5.29. The molecule has 0 unspecified atom stereocenters. The van der Waals surface area contributed by atoms with E-state index < -0.39 is 0 Å². The molecule has 0 saturated carbocycles. The summed E-state index contributed by atoms with van der Waals surface area (Å²) in [7, 11) is 0. The van der Waals surface area contributed by atoms with Crippen LogP contribution in [-0.2, 0) is 9.59 Å². The normalized spacial score (nSPS) is 12.0. The number of hydrogen-bond donors (Lipinski definition) is 2. The lowest BCUT2D eigenvalue weighted by molar-refractivity contribution is -0.115. The van der Waals surface area contributed by atoms with Gasteiger partial charge in [0.25, 0.3) is 0 Å². The number of anilines is 2. The Kier molecular flexibility index (Phi) is 6.05. The molecule has 5 nitrogen and oxygen atoms in total. The molecule has 0 bridgehead atoms. The van der Waals surface area contributed by atoms with Crippen molar-refractivity contribution in [2.24, 2.45) is 0 Å². The lowest BCUT2D eigenvalue weighted by Gasteiger charge is -2.15. The predicted octanol–water partition coefficient (Wildman–Crippen LogP) is 5.30. The third-order valence-corrected chi connectivity index (χ3v) is 6.47. The lowest BCUT2D eigenvalue weighted by atomic mass is 10.1. The molecule has 0 radical (unpaired) electrons.